The van der Waals surface area contributed by atoms with Crippen molar-refractivity contribution < 1.29 is 29.3 Å². The Labute approximate surface area is 272 Å². The Morgan fingerprint density at radius 1 is 0.822 bits per heavy atom. The summed E-state index contributed by atoms with van der Waals surface area (Å²) in [6, 6.07) is 9.84. The second kappa shape index (κ2) is 20.1. The largest absolute Gasteiger partial charge is 0.462 e. The summed E-state index contributed by atoms with van der Waals surface area (Å²) in [6.07, 6.45) is 19.3. The average Bonchev–Trinajstić information content (AvgIpc) is 3.10. The van der Waals surface area contributed by atoms with E-state index in [2.05, 4.69) is 44.3 Å². The summed E-state index contributed by atoms with van der Waals surface area (Å²) in [5.41, 5.74) is 3.49. The topological polar surface area (TPSA) is 93.1 Å². The molecule has 3 saturated carbocycles. The predicted molar refractivity (Wildman–Crippen MR) is 181 cm³/mol. The number of ether oxygens (including phenoxy) is 2. The Morgan fingerprint density at radius 3 is 1.76 bits per heavy atom. The highest BCUT2D eigenvalue weighted by Gasteiger charge is 2.34. The van der Waals surface area contributed by atoms with Gasteiger partial charge in [0, 0.05) is 18.6 Å². The first-order valence-corrected chi connectivity index (χ1v) is 17.6. The van der Waals surface area contributed by atoms with Crippen LogP contribution < -0.4 is 0 Å². The standard InChI is InChI=1S/C35H54O4.C4H6O2/c1-4-5-26-6-8-27(9-7-26)28-10-12-29(13-11-28)30-14-16-31(17-15-30)32-18-20-33(21-19-32)34(23-38-3)24-39-35(37)25(2)22-36;1-4(2-5)3-6/h10-13,26-27,30-34,36H,2,4-9,14-24H2,1,3H3;2,6H,1,3H2. The van der Waals surface area contributed by atoms with Gasteiger partial charge in [-0.25, -0.2) is 4.79 Å². The first-order valence-electron chi connectivity index (χ1n) is 17.6. The molecule has 0 amide bonds. The molecule has 1 atom stereocenters. The fraction of sp³-hybridized carbons (Fsp3) is 0.692. The number of benzene rings is 1. The molecule has 0 saturated heterocycles. The molecule has 6 nitrogen and oxygen atoms in total. The summed E-state index contributed by atoms with van der Waals surface area (Å²) in [7, 11) is 1.72. The maximum atomic E-state index is 12.0. The van der Waals surface area contributed by atoms with Crippen LogP contribution >= 0.6 is 0 Å². The Hall–Kier alpha value is -2.28. The van der Waals surface area contributed by atoms with Gasteiger partial charge in [0.2, 0.25) is 0 Å². The van der Waals surface area contributed by atoms with E-state index in [1.165, 1.54) is 89.9 Å². The minimum absolute atomic E-state index is 0.117. The van der Waals surface area contributed by atoms with Crippen molar-refractivity contribution in [1.82, 2.24) is 0 Å². The van der Waals surface area contributed by atoms with Gasteiger partial charge in [0.1, 0.15) is 6.29 Å². The molecule has 0 bridgehead atoms. The SMILES string of the molecule is C=C(C=O)CO.C=C(CO)C(=O)OCC(COC)C1CCC(C2CCC(c3ccc(C4CCC(CCC)CC4)cc3)CC2)CC1. The van der Waals surface area contributed by atoms with Crippen molar-refractivity contribution >= 4 is 12.3 Å². The highest BCUT2D eigenvalue weighted by molar-refractivity contribution is 5.87. The number of hydrogen-bond donors (Lipinski definition) is 2. The van der Waals surface area contributed by atoms with Gasteiger partial charge >= 0.3 is 5.97 Å². The Bertz CT molecular complexity index is 1020. The number of aliphatic hydroxyl groups is 2. The molecule has 1 aromatic rings. The van der Waals surface area contributed by atoms with Crippen molar-refractivity contribution in [3.05, 3.63) is 59.7 Å². The molecular weight excluding hydrogens is 564 g/mol. The van der Waals surface area contributed by atoms with E-state index < -0.39 is 5.97 Å². The van der Waals surface area contributed by atoms with Crippen LogP contribution in [0.3, 0.4) is 0 Å². The van der Waals surface area contributed by atoms with Gasteiger partial charge in [0.05, 0.1) is 32.0 Å². The molecule has 0 heterocycles. The smallest absolute Gasteiger partial charge is 0.335 e. The zero-order chi connectivity index (χ0) is 32.6. The fourth-order valence-corrected chi connectivity index (χ4v) is 8.17. The zero-order valence-corrected chi connectivity index (χ0v) is 28.1. The quantitative estimate of drug-likeness (QED) is 0.124. The number of aldehydes is 1. The summed E-state index contributed by atoms with van der Waals surface area (Å²) in [5, 5.41) is 17.1. The van der Waals surface area contributed by atoms with E-state index in [1.807, 2.05) is 0 Å². The van der Waals surface area contributed by atoms with Crippen molar-refractivity contribution in [2.75, 3.05) is 33.5 Å². The lowest BCUT2D eigenvalue weighted by Gasteiger charge is -2.39. The van der Waals surface area contributed by atoms with E-state index >= 15 is 0 Å². The van der Waals surface area contributed by atoms with E-state index in [1.54, 1.807) is 18.2 Å². The average molecular weight is 625 g/mol. The van der Waals surface area contributed by atoms with Crippen LogP contribution in [-0.2, 0) is 19.1 Å². The zero-order valence-electron chi connectivity index (χ0n) is 28.1. The summed E-state index contributed by atoms with van der Waals surface area (Å²) < 4.78 is 10.9. The van der Waals surface area contributed by atoms with Crippen molar-refractivity contribution in [3.63, 3.8) is 0 Å². The summed E-state index contributed by atoms with van der Waals surface area (Å²) in [6.45, 7) is 9.44. The van der Waals surface area contributed by atoms with Crippen molar-refractivity contribution in [2.24, 2.45) is 29.6 Å². The molecule has 1 unspecified atom stereocenters. The molecule has 3 fully saturated rings. The monoisotopic (exact) mass is 624 g/mol. The van der Waals surface area contributed by atoms with Gasteiger partial charge in [0.25, 0.3) is 0 Å². The minimum atomic E-state index is -0.492. The van der Waals surface area contributed by atoms with Gasteiger partial charge in [-0.15, -0.1) is 0 Å². The number of aliphatic hydroxyl groups excluding tert-OH is 2. The molecule has 2 N–H and O–H groups in total. The first-order chi connectivity index (χ1) is 21.8. The van der Waals surface area contributed by atoms with Gasteiger partial charge in [-0.1, -0.05) is 57.2 Å². The molecule has 1 aromatic carbocycles. The van der Waals surface area contributed by atoms with Gasteiger partial charge in [-0.3, -0.25) is 4.79 Å². The van der Waals surface area contributed by atoms with E-state index in [-0.39, 0.29) is 30.3 Å². The van der Waals surface area contributed by atoms with Crippen LogP contribution in [0.1, 0.15) is 120 Å². The number of carbonyl (C=O) groups is 2. The van der Waals surface area contributed by atoms with Crippen LogP contribution in [0.4, 0.5) is 0 Å². The summed E-state index contributed by atoms with van der Waals surface area (Å²) in [5.74, 6) is 4.47. The third-order valence-corrected chi connectivity index (χ3v) is 11.0. The van der Waals surface area contributed by atoms with Gasteiger partial charge < -0.3 is 19.7 Å². The Kier molecular flexibility index (Phi) is 16.6. The summed E-state index contributed by atoms with van der Waals surface area (Å²) >= 11 is 0. The lowest BCUT2D eigenvalue weighted by Crippen LogP contribution is -2.32. The van der Waals surface area contributed by atoms with Gasteiger partial charge in [0.15, 0.2) is 0 Å². The van der Waals surface area contributed by atoms with Crippen molar-refractivity contribution in [3.8, 4) is 0 Å². The van der Waals surface area contributed by atoms with Crippen LogP contribution in [0, 0.1) is 29.6 Å². The van der Waals surface area contributed by atoms with Gasteiger partial charge in [-0.05, 0) is 124 Å². The molecule has 0 radical (unpaired) electrons. The van der Waals surface area contributed by atoms with Gasteiger partial charge in [-0.2, -0.15) is 0 Å². The highest BCUT2D eigenvalue weighted by atomic mass is 16.5. The number of methoxy groups -OCH3 is 1. The minimum Gasteiger partial charge on any atom is -0.462 e. The van der Waals surface area contributed by atoms with E-state index in [0.29, 0.717) is 25.4 Å². The van der Waals surface area contributed by atoms with Crippen LogP contribution in [0.15, 0.2) is 48.6 Å². The maximum Gasteiger partial charge on any atom is 0.335 e. The molecule has 252 valence electrons. The van der Waals surface area contributed by atoms with E-state index in [9.17, 15) is 9.59 Å². The van der Waals surface area contributed by atoms with Crippen molar-refractivity contribution in [2.45, 2.75) is 109 Å². The molecule has 0 aromatic heterocycles. The third kappa shape index (κ3) is 11.8. The van der Waals surface area contributed by atoms with Crippen LogP contribution in [0.25, 0.3) is 0 Å². The molecule has 45 heavy (non-hydrogen) atoms. The van der Waals surface area contributed by atoms with E-state index in [0.717, 1.165) is 29.6 Å². The molecule has 0 aliphatic heterocycles. The van der Waals surface area contributed by atoms with Crippen LogP contribution in [-0.4, -0.2) is 56.0 Å². The lowest BCUT2D eigenvalue weighted by atomic mass is 9.67. The van der Waals surface area contributed by atoms with Crippen LogP contribution in [0.5, 0.6) is 0 Å². The lowest BCUT2D eigenvalue weighted by molar-refractivity contribution is -0.142. The molecule has 3 aliphatic rings. The number of hydrogen-bond acceptors (Lipinski definition) is 6. The maximum absolute atomic E-state index is 12.0. The molecule has 6 heteroatoms. The second-order valence-corrected chi connectivity index (χ2v) is 14.0. The number of carbonyl (C=O) groups excluding carboxylic acids is 2. The number of rotatable bonds is 14. The third-order valence-electron chi connectivity index (χ3n) is 11.0. The van der Waals surface area contributed by atoms with E-state index in [4.69, 9.17) is 19.7 Å². The van der Waals surface area contributed by atoms with Crippen molar-refractivity contribution in [1.29, 1.82) is 0 Å². The number of esters is 1. The Morgan fingerprint density at radius 2 is 1.33 bits per heavy atom. The summed E-state index contributed by atoms with van der Waals surface area (Å²) in [4.78, 5) is 21.4. The molecule has 4 rings (SSSR count). The first kappa shape index (κ1) is 37.2. The van der Waals surface area contributed by atoms with Crippen LogP contribution in [0.2, 0.25) is 0 Å². The normalized spacial score (nSPS) is 27.4. The highest BCUT2D eigenvalue weighted by Crippen LogP contribution is 2.45. The molecule has 0 spiro atoms. The molecular formula is C39H60O6. The molecule has 3 aliphatic carbocycles. The fourth-order valence-electron chi connectivity index (χ4n) is 8.17. The predicted octanol–water partition coefficient (Wildman–Crippen LogP) is 7.93. The second-order valence-electron chi connectivity index (χ2n) is 14.0. The Balaban J connectivity index is 0.000000838.